The quantitative estimate of drug-likeness (QED) is 0.481. The Morgan fingerprint density at radius 3 is 2.40 bits per heavy atom. The SMILES string of the molecule is COc1cccc(C)c1C(c1cc(C)ccc1N)c1ccccc1Cl. The van der Waals surface area contributed by atoms with Gasteiger partial charge in [0.1, 0.15) is 5.75 Å². The monoisotopic (exact) mass is 351 g/mol. The first-order valence-electron chi connectivity index (χ1n) is 8.27. The first-order valence-corrected chi connectivity index (χ1v) is 8.64. The Labute approximate surface area is 154 Å². The molecule has 3 aromatic carbocycles. The Kier molecular flexibility index (Phi) is 5.00. The molecule has 3 rings (SSSR count). The van der Waals surface area contributed by atoms with Crippen molar-refractivity contribution in [1.29, 1.82) is 0 Å². The predicted molar refractivity (Wildman–Crippen MR) is 106 cm³/mol. The minimum atomic E-state index is -0.0928. The molecule has 3 aromatic rings. The van der Waals surface area contributed by atoms with E-state index in [2.05, 4.69) is 32.0 Å². The van der Waals surface area contributed by atoms with Crippen LogP contribution in [-0.2, 0) is 0 Å². The van der Waals surface area contributed by atoms with Crippen molar-refractivity contribution < 1.29 is 4.74 Å². The van der Waals surface area contributed by atoms with Crippen molar-refractivity contribution in [3.05, 3.63) is 93.5 Å². The lowest BCUT2D eigenvalue weighted by atomic mass is 9.81. The topological polar surface area (TPSA) is 35.2 Å². The molecule has 0 radical (unpaired) electrons. The number of hydrogen-bond donors (Lipinski definition) is 1. The molecule has 0 fully saturated rings. The summed E-state index contributed by atoms with van der Waals surface area (Å²) < 4.78 is 5.68. The molecule has 0 saturated carbocycles. The zero-order valence-electron chi connectivity index (χ0n) is 14.7. The van der Waals surface area contributed by atoms with E-state index in [4.69, 9.17) is 22.1 Å². The van der Waals surface area contributed by atoms with Crippen molar-refractivity contribution >= 4 is 17.3 Å². The number of benzene rings is 3. The van der Waals surface area contributed by atoms with Crippen LogP contribution in [-0.4, -0.2) is 7.11 Å². The average molecular weight is 352 g/mol. The normalized spacial score (nSPS) is 12.0. The number of hydrogen-bond acceptors (Lipinski definition) is 2. The van der Waals surface area contributed by atoms with Crippen molar-refractivity contribution in [2.75, 3.05) is 12.8 Å². The van der Waals surface area contributed by atoms with Gasteiger partial charge in [0.2, 0.25) is 0 Å². The lowest BCUT2D eigenvalue weighted by Gasteiger charge is -2.25. The second kappa shape index (κ2) is 7.20. The zero-order chi connectivity index (χ0) is 18.0. The summed E-state index contributed by atoms with van der Waals surface area (Å²) in [6.07, 6.45) is 0. The van der Waals surface area contributed by atoms with E-state index < -0.39 is 0 Å². The smallest absolute Gasteiger partial charge is 0.123 e. The molecular formula is C22H22ClNO. The average Bonchev–Trinajstić information content (AvgIpc) is 2.60. The first-order chi connectivity index (χ1) is 12.0. The number of ether oxygens (including phenoxy) is 1. The standard InChI is InChI=1S/C22H22ClNO/c1-14-11-12-19(24)17(13-14)22(16-8-4-5-9-18(16)23)21-15(2)7-6-10-20(21)25-3/h4-13,22H,24H2,1-3H3. The summed E-state index contributed by atoms with van der Waals surface area (Å²) in [5.41, 5.74) is 12.6. The van der Waals surface area contributed by atoms with Crippen molar-refractivity contribution in [2.24, 2.45) is 0 Å². The van der Waals surface area contributed by atoms with Crippen LogP contribution in [0.2, 0.25) is 5.02 Å². The molecule has 0 aliphatic heterocycles. The van der Waals surface area contributed by atoms with Gasteiger partial charge in [0.25, 0.3) is 0 Å². The highest BCUT2D eigenvalue weighted by Gasteiger charge is 2.26. The highest BCUT2D eigenvalue weighted by Crippen LogP contribution is 2.43. The summed E-state index contributed by atoms with van der Waals surface area (Å²) in [5.74, 6) is 0.746. The maximum atomic E-state index is 6.58. The molecule has 0 amide bonds. The molecular weight excluding hydrogens is 330 g/mol. The van der Waals surface area contributed by atoms with Crippen LogP contribution in [0.4, 0.5) is 5.69 Å². The fraction of sp³-hybridized carbons (Fsp3) is 0.182. The Hall–Kier alpha value is -2.45. The van der Waals surface area contributed by atoms with Gasteiger partial charge in [0.05, 0.1) is 7.11 Å². The van der Waals surface area contributed by atoms with Gasteiger partial charge in [-0.2, -0.15) is 0 Å². The fourth-order valence-corrected chi connectivity index (χ4v) is 3.58. The molecule has 2 N–H and O–H groups in total. The lowest BCUT2D eigenvalue weighted by Crippen LogP contribution is -2.10. The molecule has 2 nitrogen and oxygen atoms in total. The first kappa shape index (κ1) is 17.4. The Balaban J connectivity index is 2.35. The third-order valence-corrected chi connectivity index (χ3v) is 4.91. The highest BCUT2D eigenvalue weighted by atomic mass is 35.5. The van der Waals surface area contributed by atoms with Crippen molar-refractivity contribution in [3.63, 3.8) is 0 Å². The van der Waals surface area contributed by atoms with Crippen LogP contribution in [0.25, 0.3) is 0 Å². The third-order valence-electron chi connectivity index (χ3n) is 4.56. The van der Waals surface area contributed by atoms with Crippen LogP contribution in [0, 0.1) is 13.8 Å². The predicted octanol–water partition coefficient (Wildman–Crippen LogP) is 5.73. The molecule has 128 valence electrons. The maximum Gasteiger partial charge on any atom is 0.123 e. The number of nitrogens with two attached hydrogens (primary N) is 1. The van der Waals surface area contributed by atoms with E-state index in [1.54, 1.807) is 7.11 Å². The summed E-state index contributed by atoms with van der Waals surface area (Å²) >= 11 is 6.58. The zero-order valence-corrected chi connectivity index (χ0v) is 15.5. The van der Waals surface area contributed by atoms with E-state index in [9.17, 15) is 0 Å². The molecule has 0 aliphatic rings. The number of halogens is 1. The second-order valence-corrected chi connectivity index (χ2v) is 6.68. The molecule has 0 aliphatic carbocycles. The van der Waals surface area contributed by atoms with E-state index in [0.29, 0.717) is 0 Å². The number of rotatable bonds is 4. The van der Waals surface area contributed by atoms with Gasteiger partial charge in [-0.25, -0.2) is 0 Å². The number of methoxy groups -OCH3 is 1. The van der Waals surface area contributed by atoms with Crippen LogP contribution in [0.3, 0.4) is 0 Å². The second-order valence-electron chi connectivity index (χ2n) is 6.28. The van der Waals surface area contributed by atoms with Gasteiger partial charge >= 0.3 is 0 Å². The van der Waals surface area contributed by atoms with E-state index >= 15 is 0 Å². The largest absolute Gasteiger partial charge is 0.496 e. The lowest BCUT2D eigenvalue weighted by molar-refractivity contribution is 0.408. The van der Waals surface area contributed by atoms with Crippen LogP contribution in [0.15, 0.2) is 60.7 Å². The van der Waals surface area contributed by atoms with Gasteiger partial charge in [0, 0.05) is 22.2 Å². The Morgan fingerprint density at radius 1 is 0.920 bits per heavy atom. The highest BCUT2D eigenvalue weighted by molar-refractivity contribution is 6.31. The molecule has 1 atom stereocenters. The molecule has 0 spiro atoms. The molecule has 0 heterocycles. The van der Waals surface area contributed by atoms with Crippen molar-refractivity contribution in [2.45, 2.75) is 19.8 Å². The van der Waals surface area contributed by atoms with E-state index in [1.165, 1.54) is 0 Å². The van der Waals surface area contributed by atoms with E-state index in [0.717, 1.165) is 44.3 Å². The summed E-state index contributed by atoms with van der Waals surface area (Å²) in [6, 6.07) is 20.1. The van der Waals surface area contributed by atoms with Gasteiger partial charge in [-0.15, -0.1) is 0 Å². The van der Waals surface area contributed by atoms with Crippen LogP contribution < -0.4 is 10.5 Å². The van der Waals surface area contributed by atoms with E-state index in [1.807, 2.05) is 42.5 Å². The summed E-state index contributed by atoms with van der Waals surface area (Å²) in [6.45, 7) is 4.16. The van der Waals surface area contributed by atoms with Gasteiger partial charge in [-0.05, 0) is 48.7 Å². The molecule has 0 bridgehead atoms. The van der Waals surface area contributed by atoms with Crippen molar-refractivity contribution in [3.8, 4) is 5.75 Å². The fourth-order valence-electron chi connectivity index (χ4n) is 3.33. The molecule has 0 aromatic heterocycles. The van der Waals surface area contributed by atoms with Crippen LogP contribution in [0.5, 0.6) is 5.75 Å². The summed E-state index contributed by atoms with van der Waals surface area (Å²) in [7, 11) is 1.70. The molecule has 3 heteroatoms. The van der Waals surface area contributed by atoms with Gasteiger partial charge in [0.15, 0.2) is 0 Å². The summed E-state index contributed by atoms with van der Waals surface area (Å²) in [5, 5.41) is 0.721. The van der Waals surface area contributed by atoms with Crippen LogP contribution in [0.1, 0.15) is 33.7 Å². The number of nitrogen functional groups attached to an aromatic ring is 1. The minimum Gasteiger partial charge on any atom is -0.496 e. The molecule has 0 saturated heterocycles. The van der Waals surface area contributed by atoms with Gasteiger partial charge in [-0.1, -0.05) is 59.6 Å². The van der Waals surface area contributed by atoms with Crippen molar-refractivity contribution in [1.82, 2.24) is 0 Å². The molecule has 25 heavy (non-hydrogen) atoms. The van der Waals surface area contributed by atoms with Gasteiger partial charge < -0.3 is 10.5 Å². The summed E-state index contributed by atoms with van der Waals surface area (Å²) in [4.78, 5) is 0. The number of aryl methyl sites for hydroxylation is 2. The Bertz CT molecular complexity index is 904. The third kappa shape index (κ3) is 3.35. The minimum absolute atomic E-state index is 0.0928. The molecule has 1 unspecified atom stereocenters. The number of anilines is 1. The maximum absolute atomic E-state index is 6.58. The van der Waals surface area contributed by atoms with Crippen LogP contribution >= 0.6 is 11.6 Å². The van der Waals surface area contributed by atoms with E-state index in [-0.39, 0.29) is 5.92 Å². The van der Waals surface area contributed by atoms with Gasteiger partial charge in [-0.3, -0.25) is 0 Å². The Morgan fingerprint density at radius 2 is 1.68 bits per heavy atom.